The van der Waals surface area contributed by atoms with Gasteiger partial charge in [-0.1, -0.05) is 12.1 Å². The van der Waals surface area contributed by atoms with Gasteiger partial charge in [0, 0.05) is 32.2 Å². The average molecular weight is 264 g/mol. The zero-order valence-corrected chi connectivity index (χ0v) is 12.1. The zero-order chi connectivity index (χ0) is 13.7. The molecule has 0 bridgehead atoms. The first-order chi connectivity index (χ1) is 9.26. The lowest BCUT2D eigenvalue weighted by Crippen LogP contribution is -2.43. The fourth-order valence-corrected chi connectivity index (χ4v) is 2.68. The number of rotatable bonds is 6. The van der Waals surface area contributed by atoms with Crippen LogP contribution in [-0.2, 0) is 4.74 Å². The van der Waals surface area contributed by atoms with Gasteiger partial charge in [0.1, 0.15) is 5.75 Å². The Hall–Kier alpha value is -1.26. The molecule has 0 spiro atoms. The number of hydrogen-bond acceptors (Lipinski definition) is 4. The first kappa shape index (κ1) is 14.2. The molecule has 2 unspecified atom stereocenters. The molecule has 1 heterocycles. The minimum Gasteiger partial charge on any atom is -0.495 e. The van der Waals surface area contributed by atoms with Crippen molar-refractivity contribution >= 4 is 5.69 Å². The lowest BCUT2D eigenvalue weighted by Gasteiger charge is -2.29. The predicted molar refractivity (Wildman–Crippen MR) is 78.0 cm³/mol. The smallest absolute Gasteiger partial charge is 0.142 e. The molecule has 0 aromatic heterocycles. The highest BCUT2D eigenvalue weighted by atomic mass is 16.5. The van der Waals surface area contributed by atoms with Crippen LogP contribution in [0.15, 0.2) is 24.3 Å². The molecule has 1 N–H and O–H groups in total. The van der Waals surface area contributed by atoms with Crippen LogP contribution >= 0.6 is 0 Å². The zero-order valence-electron chi connectivity index (χ0n) is 12.1. The van der Waals surface area contributed by atoms with Gasteiger partial charge in [0.25, 0.3) is 0 Å². The quantitative estimate of drug-likeness (QED) is 0.849. The lowest BCUT2D eigenvalue weighted by molar-refractivity contribution is 0.178. The number of nitrogens with zero attached hydrogens (tertiary/aromatic N) is 1. The Morgan fingerprint density at radius 3 is 2.89 bits per heavy atom. The summed E-state index contributed by atoms with van der Waals surface area (Å²) in [5, 5.41) is 3.42. The van der Waals surface area contributed by atoms with Gasteiger partial charge in [-0.25, -0.2) is 0 Å². The number of ether oxygens (including phenoxy) is 2. The monoisotopic (exact) mass is 264 g/mol. The van der Waals surface area contributed by atoms with E-state index in [1.54, 1.807) is 7.11 Å². The highest BCUT2D eigenvalue weighted by Crippen LogP contribution is 2.27. The van der Waals surface area contributed by atoms with Crippen LogP contribution in [0.4, 0.5) is 5.69 Å². The summed E-state index contributed by atoms with van der Waals surface area (Å²) in [7, 11) is 5.85. The molecule has 1 aromatic carbocycles. The van der Waals surface area contributed by atoms with Gasteiger partial charge in [-0.05, 0) is 25.6 Å². The van der Waals surface area contributed by atoms with Crippen molar-refractivity contribution in [2.45, 2.75) is 12.5 Å². The molecular weight excluding hydrogens is 240 g/mol. The van der Waals surface area contributed by atoms with E-state index in [0.717, 1.165) is 37.6 Å². The lowest BCUT2D eigenvalue weighted by atomic mass is 9.98. The Morgan fingerprint density at radius 2 is 2.26 bits per heavy atom. The standard InChI is InChI=1S/C15H24N2O2/c1-16-13(12-8-9-19-11-12)10-17(2)14-6-4-5-7-15(14)18-3/h4-7,12-13,16H,8-11H2,1-3H3. The topological polar surface area (TPSA) is 33.7 Å². The van der Waals surface area contributed by atoms with E-state index in [2.05, 4.69) is 23.3 Å². The molecule has 1 fully saturated rings. The van der Waals surface area contributed by atoms with Crippen molar-refractivity contribution in [1.82, 2.24) is 5.32 Å². The fourth-order valence-electron chi connectivity index (χ4n) is 2.68. The van der Waals surface area contributed by atoms with Crippen LogP contribution < -0.4 is 15.0 Å². The maximum absolute atomic E-state index is 5.49. The molecule has 4 heteroatoms. The summed E-state index contributed by atoms with van der Waals surface area (Å²) in [5.41, 5.74) is 1.13. The molecule has 1 saturated heterocycles. The van der Waals surface area contributed by atoms with Crippen LogP contribution in [0.3, 0.4) is 0 Å². The summed E-state index contributed by atoms with van der Waals surface area (Å²) in [6.45, 7) is 2.71. The van der Waals surface area contributed by atoms with E-state index in [4.69, 9.17) is 9.47 Å². The van der Waals surface area contributed by atoms with Crippen LogP contribution in [-0.4, -0.2) is 47.0 Å². The Kier molecular flexibility index (Phi) is 5.05. The maximum Gasteiger partial charge on any atom is 0.142 e. The molecule has 1 aliphatic rings. The second kappa shape index (κ2) is 6.78. The second-order valence-electron chi connectivity index (χ2n) is 5.07. The molecule has 2 rings (SSSR count). The molecular formula is C15H24N2O2. The fraction of sp³-hybridized carbons (Fsp3) is 0.600. The largest absolute Gasteiger partial charge is 0.495 e. The normalized spacial score (nSPS) is 20.3. The summed E-state index contributed by atoms with van der Waals surface area (Å²) >= 11 is 0. The molecule has 0 radical (unpaired) electrons. The van der Waals surface area contributed by atoms with Crippen molar-refractivity contribution < 1.29 is 9.47 Å². The van der Waals surface area contributed by atoms with Crippen LogP contribution in [0.1, 0.15) is 6.42 Å². The minimum atomic E-state index is 0.442. The molecule has 0 saturated carbocycles. The molecule has 106 valence electrons. The van der Waals surface area contributed by atoms with Crippen LogP contribution in [0.5, 0.6) is 5.75 Å². The maximum atomic E-state index is 5.49. The summed E-state index contributed by atoms with van der Waals surface area (Å²) in [5.74, 6) is 1.52. The summed E-state index contributed by atoms with van der Waals surface area (Å²) < 4.78 is 10.9. The van der Waals surface area contributed by atoms with E-state index in [9.17, 15) is 0 Å². The Morgan fingerprint density at radius 1 is 1.47 bits per heavy atom. The third-order valence-corrected chi connectivity index (χ3v) is 3.87. The van der Waals surface area contributed by atoms with Crippen molar-refractivity contribution in [3.8, 4) is 5.75 Å². The van der Waals surface area contributed by atoms with Gasteiger partial charge in [0.15, 0.2) is 0 Å². The summed E-state index contributed by atoms with van der Waals surface area (Å²) in [6, 6.07) is 8.57. The first-order valence-electron chi connectivity index (χ1n) is 6.85. The van der Waals surface area contributed by atoms with Crippen molar-refractivity contribution in [3.05, 3.63) is 24.3 Å². The van der Waals surface area contributed by atoms with E-state index in [-0.39, 0.29) is 0 Å². The van der Waals surface area contributed by atoms with Gasteiger partial charge in [-0.15, -0.1) is 0 Å². The van der Waals surface area contributed by atoms with Gasteiger partial charge in [0.05, 0.1) is 19.4 Å². The minimum absolute atomic E-state index is 0.442. The van der Waals surface area contributed by atoms with Crippen LogP contribution in [0.2, 0.25) is 0 Å². The van der Waals surface area contributed by atoms with Gasteiger partial charge >= 0.3 is 0 Å². The number of nitrogens with one attached hydrogen (secondary N) is 1. The van der Waals surface area contributed by atoms with Gasteiger partial charge < -0.3 is 19.7 Å². The van der Waals surface area contributed by atoms with Crippen molar-refractivity contribution in [1.29, 1.82) is 0 Å². The number of anilines is 1. The second-order valence-corrected chi connectivity index (χ2v) is 5.07. The Balaban J connectivity index is 2.04. The molecule has 1 aromatic rings. The number of benzene rings is 1. The molecule has 2 atom stereocenters. The number of hydrogen-bond donors (Lipinski definition) is 1. The predicted octanol–water partition coefficient (Wildman–Crippen LogP) is 1.76. The van der Waals surface area contributed by atoms with E-state index >= 15 is 0 Å². The van der Waals surface area contributed by atoms with Gasteiger partial charge in [-0.3, -0.25) is 0 Å². The van der Waals surface area contributed by atoms with Crippen LogP contribution in [0, 0.1) is 5.92 Å². The van der Waals surface area contributed by atoms with Gasteiger partial charge in [0.2, 0.25) is 0 Å². The third-order valence-electron chi connectivity index (χ3n) is 3.87. The highest BCUT2D eigenvalue weighted by Gasteiger charge is 2.26. The van der Waals surface area contributed by atoms with Crippen molar-refractivity contribution in [2.24, 2.45) is 5.92 Å². The summed E-state index contributed by atoms with van der Waals surface area (Å²) in [6.07, 6.45) is 1.14. The van der Waals surface area contributed by atoms with Crippen molar-refractivity contribution in [3.63, 3.8) is 0 Å². The highest BCUT2D eigenvalue weighted by molar-refractivity contribution is 5.57. The average Bonchev–Trinajstić information content (AvgIpc) is 2.98. The number of methoxy groups -OCH3 is 1. The molecule has 1 aliphatic heterocycles. The van der Waals surface area contributed by atoms with E-state index in [1.165, 1.54) is 0 Å². The Bertz CT molecular complexity index is 391. The molecule has 0 amide bonds. The molecule has 4 nitrogen and oxygen atoms in total. The van der Waals surface area contributed by atoms with Gasteiger partial charge in [-0.2, -0.15) is 0 Å². The third kappa shape index (κ3) is 3.39. The number of para-hydroxylation sites is 2. The SMILES string of the molecule is CNC(CN(C)c1ccccc1OC)C1CCOC1. The molecule has 0 aliphatic carbocycles. The van der Waals surface area contributed by atoms with Crippen LogP contribution in [0.25, 0.3) is 0 Å². The number of likely N-dealkylation sites (N-methyl/N-ethyl adjacent to an activating group) is 2. The molecule has 19 heavy (non-hydrogen) atoms. The van der Waals surface area contributed by atoms with E-state index in [1.807, 2.05) is 25.2 Å². The summed E-state index contributed by atoms with van der Waals surface area (Å²) in [4.78, 5) is 2.25. The Labute approximate surface area is 115 Å². The first-order valence-corrected chi connectivity index (χ1v) is 6.85. The van der Waals surface area contributed by atoms with E-state index < -0.39 is 0 Å². The van der Waals surface area contributed by atoms with E-state index in [0.29, 0.717) is 12.0 Å². The van der Waals surface area contributed by atoms with Crippen molar-refractivity contribution in [2.75, 3.05) is 45.9 Å².